The molecule has 0 bridgehead atoms. The third-order valence-corrected chi connectivity index (χ3v) is 3.97. The van der Waals surface area contributed by atoms with Crippen LogP contribution in [0.1, 0.15) is 18.4 Å². The van der Waals surface area contributed by atoms with Crippen LogP contribution in [-0.4, -0.2) is 31.6 Å². The third-order valence-electron chi connectivity index (χ3n) is 3.61. The summed E-state index contributed by atoms with van der Waals surface area (Å²) in [5.41, 5.74) is 6.85. The number of likely N-dealkylation sites (tertiary alicyclic amines) is 1. The number of nitrogens with zero attached hydrogens (tertiary/aromatic N) is 1. The first-order valence-corrected chi connectivity index (χ1v) is 6.86. The summed E-state index contributed by atoms with van der Waals surface area (Å²) < 4.78 is 5.39. The van der Waals surface area contributed by atoms with Gasteiger partial charge in [0.15, 0.2) is 0 Å². The fourth-order valence-electron chi connectivity index (χ4n) is 2.59. The molecule has 1 atom stereocenters. The van der Waals surface area contributed by atoms with Crippen molar-refractivity contribution in [2.45, 2.75) is 19.4 Å². The molecular weight excluding hydrogens is 248 g/mol. The van der Waals surface area contributed by atoms with Crippen molar-refractivity contribution in [1.29, 1.82) is 0 Å². The average molecular weight is 269 g/mol. The molecule has 2 N–H and O–H groups in total. The first-order chi connectivity index (χ1) is 8.74. The summed E-state index contributed by atoms with van der Waals surface area (Å²) in [6.07, 6.45) is 2.46. The molecule has 1 aliphatic heterocycles. The molecule has 0 amide bonds. The van der Waals surface area contributed by atoms with E-state index in [1.165, 1.54) is 12.8 Å². The molecule has 1 fully saturated rings. The molecule has 3 nitrogen and oxygen atoms in total. The van der Waals surface area contributed by atoms with Crippen LogP contribution in [0.4, 0.5) is 0 Å². The summed E-state index contributed by atoms with van der Waals surface area (Å²) in [4.78, 5) is 2.42. The molecule has 0 radical (unpaired) electrons. The Kier molecular flexibility index (Phi) is 4.87. The Morgan fingerprint density at radius 2 is 2.33 bits per heavy atom. The smallest absolute Gasteiger partial charge is 0.124 e. The fraction of sp³-hybridized carbons (Fsp3) is 0.571. The number of nitrogens with two attached hydrogens (primary N) is 1. The highest BCUT2D eigenvalue weighted by Gasteiger charge is 2.20. The van der Waals surface area contributed by atoms with E-state index in [2.05, 4.69) is 4.90 Å². The van der Waals surface area contributed by atoms with Crippen LogP contribution < -0.4 is 10.5 Å². The molecule has 1 unspecified atom stereocenters. The molecule has 4 heteroatoms. The van der Waals surface area contributed by atoms with Gasteiger partial charge in [0.2, 0.25) is 0 Å². The lowest BCUT2D eigenvalue weighted by Crippen LogP contribution is -2.37. The average Bonchev–Trinajstić information content (AvgIpc) is 2.41. The van der Waals surface area contributed by atoms with Gasteiger partial charge in [0.1, 0.15) is 5.75 Å². The maximum atomic E-state index is 6.27. The monoisotopic (exact) mass is 268 g/mol. The van der Waals surface area contributed by atoms with E-state index < -0.39 is 0 Å². The zero-order valence-electron chi connectivity index (χ0n) is 10.9. The maximum absolute atomic E-state index is 6.27. The second-order valence-electron chi connectivity index (χ2n) is 4.90. The summed E-state index contributed by atoms with van der Waals surface area (Å²) in [6, 6.07) is 5.80. The number of halogens is 1. The summed E-state index contributed by atoms with van der Waals surface area (Å²) >= 11 is 6.27. The normalized spacial score (nSPS) is 20.9. The SMILES string of the molecule is COc1cccc(Cl)c1CN1CCCC(CN)C1. The van der Waals surface area contributed by atoms with Crippen molar-refractivity contribution < 1.29 is 4.74 Å². The number of ether oxygens (including phenoxy) is 1. The van der Waals surface area contributed by atoms with Crippen LogP contribution in [0, 0.1) is 5.92 Å². The van der Waals surface area contributed by atoms with Crippen molar-refractivity contribution in [2.24, 2.45) is 11.7 Å². The van der Waals surface area contributed by atoms with Crippen molar-refractivity contribution in [3.63, 3.8) is 0 Å². The van der Waals surface area contributed by atoms with Gasteiger partial charge in [-0.15, -0.1) is 0 Å². The van der Waals surface area contributed by atoms with E-state index in [9.17, 15) is 0 Å². The van der Waals surface area contributed by atoms with E-state index in [-0.39, 0.29) is 0 Å². The predicted molar refractivity (Wildman–Crippen MR) is 75.1 cm³/mol. The van der Waals surface area contributed by atoms with Crippen molar-refractivity contribution in [1.82, 2.24) is 4.90 Å². The minimum Gasteiger partial charge on any atom is -0.496 e. The Balaban J connectivity index is 2.09. The second-order valence-corrected chi connectivity index (χ2v) is 5.31. The van der Waals surface area contributed by atoms with Gasteiger partial charge in [0.05, 0.1) is 7.11 Å². The van der Waals surface area contributed by atoms with E-state index in [1.807, 2.05) is 18.2 Å². The number of hydrogen-bond donors (Lipinski definition) is 1. The number of rotatable bonds is 4. The summed E-state index contributed by atoms with van der Waals surface area (Å²) in [5, 5.41) is 0.782. The molecular formula is C14H21ClN2O. The molecule has 0 saturated carbocycles. The summed E-state index contributed by atoms with van der Waals surface area (Å²) in [7, 11) is 1.69. The van der Waals surface area contributed by atoms with E-state index in [4.69, 9.17) is 22.1 Å². The molecule has 1 aliphatic rings. The lowest BCUT2D eigenvalue weighted by Gasteiger charge is -2.32. The highest BCUT2D eigenvalue weighted by atomic mass is 35.5. The van der Waals surface area contributed by atoms with Gasteiger partial charge in [0.25, 0.3) is 0 Å². The Morgan fingerprint density at radius 3 is 3.06 bits per heavy atom. The quantitative estimate of drug-likeness (QED) is 0.912. The molecule has 100 valence electrons. The molecule has 0 aliphatic carbocycles. The third kappa shape index (κ3) is 3.16. The molecule has 2 rings (SSSR count). The Bertz CT molecular complexity index is 397. The van der Waals surface area contributed by atoms with E-state index in [0.717, 1.165) is 42.5 Å². The van der Waals surface area contributed by atoms with Crippen LogP contribution in [0.25, 0.3) is 0 Å². The lowest BCUT2D eigenvalue weighted by atomic mass is 9.98. The van der Waals surface area contributed by atoms with Gasteiger partial charge in [-0.2, -0.15) is 0 Å². The van der Waals surface area contributed by atoms with Crippen LogP contribution >= 0.6 is 11.6 Å². The largest absolute Gasteiger partial charge is 0.496 e. The maximum Gasteiger partial charge on any atom is 0.124 e. The highest BCUT2D eigenvalue weighted by molar-refractivity contribution is 6.31. The number of piperidine rings is 1. The number of benzene rings is 1. The van der Waals surface area contributed by atoms with Gasteiger partial charge in [0, 0.05) is 23.7 Å². The molecule has 1 heterocycles. The van der Waals surface area contributed by atoms with Crippen molar-refractivity contribution in [3.05, 3.63) is 28.8 Å². The molecule has 0 aromatic heterocycles. The fourth-order valence-corrected chi connectivity index (χ4v) is 2.82. The standard InChI is InChI=1S/C14H21ClN2O/c1-18-14-6-2-5-13(15)12(14)10-17-7-3-4-11(8-16)9-17/h2,5-6,11H,3-4,7-10,16H2,1H3. The minimum absolute atomic E-state index is 0.618. The van der Waals surface area contributed by atoms with E-state index in [1.54, 1.807) is 7.11 Å². The van der Waals surface area contributed by atoms with Crippen LogP contribution in [0.2, 0.25) is 5.02 Å². The topological polar surface area (TPSA) is 38.5 Å². The second kappa shape index (κ2) is 6.41. The van der Waals surface area contributed by atoms with Crippen LogP contribution in [-0.2, 0) is 6.54 Å². The zero-order chi connectivity index (χ0) is 13.0. The van der Waals surface area contributed by atoms with Gasteiger partial charge in [-0.1, -0.05) is 17.7 Å². The molecule has 0 spiro atoms. The Morgan fingerprint density at radius 1 is 1.50 bits per heavy atom. The van der Waals surface area contributed by atoms with Gasteiger partial charge >= 0.3 is 0 Å². The van der Waals surface area contributed by atoms with Gasteiger partial charge in [-0.3, -0.25) is 4.90 Å². The van der Waals surface area contributed by atoms with Gasteiger partial charge in [-0.05, 0) is 44.0 Å². The molecule has 1 aromatic rings. The molecule has 18 heavy (non-hydrogen) atoms. The van der Waals surface area contributed by atoms with Gasteiger partial charge < -0.3 is 10.5 Å². The van der Waals surface area contributed by atoms with Crippen LogP contribution in [0.3, 0.4) is 0 Å². The lowest BCUT2D eigenvalue weighted by molar-refractivity contribution is 0.169. The van der Waals surface area contributed by atoms with Gasteiger partial charge in [-0.25, -0.2) is 0 Å². The zero-order valence-corrected chi connectivity index (χ0v) is 11.6. The van der Waals surface area contributed by atoms with E-state index in [0.29, 0.717) is 5.92 Å². The van der Waals surface area contributed by atoms with Crippen molar-refractivity contribution in [2.75, 3.05) is 26.7 Å². The first kappa shape index (κ1) is 13.7. The molecule has 1 aromatic carbocycles. The Labute approximate surface area is 114 Å². The molecule has 1 saturated heterocycles. The first-order valence-electron chi connectivity index (χ1n) is 6.48. The van der Waals surface area contributed by atoms with Crippen molar-refractivity contribution >= 4 is 11.6 Å². The van der Waals surface area contributed by atoms with E-state index >= 15 is 0 Å². The Hall–Kier alpha value is -0.770. The van der Waals surface area contributed by atoms with Crippen molar-refractivity contribution in [3.8, 4) is 5.75 Å². The number of methoxy groups -OCH3 is 1. The summed E-state index contributed by atoms with van der Waals surface area (Å²) in [5.74, 6) is 1.49. The summed E-state index contributed by atoms with van der Waals surface area (Å²) in [6.45, 7) is 3.80. The predicted octanol–water partition coefficient (Wildman–Crippen LogP) is 2.52. The van der Waals surface area contributed by atoms with Crippen LogP contribution in [0.15, 0.2) is 18.2 Å². The highest BCUT2D eigenvalue weighted by Crippen LogP contribution is 2.29. The minimum atomic E-state index is 0.618. The van der Waals surface area contributed by atoms with Crippen LogP contribution in [0.5, 0.6) is 5.75 Å². The number of hydrogen-bond acceptors (Lipinski definition) is 3.